The van der Waals surface area contributed by atoms with Crippen LogP contribution in [-0.4, -0.2) is 35.0 Å². The molecule has 3 rings (SSSR count). The lowest BCUT2D eigenvalue weighted by atomic mass is 10.0. The van der Waals surface area contributed by atoms with Gasteiger partial charge in [0.2, 0.25) is 10.0 Å². The van der Waals surface area contributed by atoms with Crippen molar-refractivity contribution in [2.75, 3.05) is 10.5 Å². The summed E-state index contributed by atoms with van der Waals surface area (Å²) in [5.41, 5.74) is 2.34. The summed E-state index contributed by atoms with van der Waals surface area (Å²) in [6.07, 6.45) is 0. The average Bonchev–Trinajstić information content (AvgIpc) is 2.69. The predicted molar refractivity (Wildman–Crippen MR) is 110 cm³/mol. The molecule has 3 aromatic rings. The molecule has 9 heteroatoms. The molecule has 0 unspecified atom stereocenters. The largest absolute Gasteiger partial charge is 0.478 e. The van der Waals surface area contributed by atoms with Crippen molar-refractivity contribution in [1.29, 1.82) is 0 Å². The Labute approximate surface area is 167 Å². The first-order valence-corrected chi connectivity index (χ1v) is 10.4. The zero-order chi connectivity index (χ0) is 21.2. The molecule has 2 aromatic carbocycles. The number of benzene rings is 2. The minimum atomic E-state index is -3.42. The molecule has 8 nitrogen and oxygen atoms in total. The Hall–Kier alpha value is -3.46. The van der Waals surface area contributed by atoms with Gasteiger partial charge in [0.25, 0.3) is 5.56 Å². The lowest BCUT2D eigenvalue weighted by Crippen LogP contribution is -2.21. The fraction of sp³-hybridized carbons (Fsp3) is 0.150. The number of aryl methyl sites for hydroxylation is 1. The molecule has 1 heterocycles. The van der Waals surface area contributed by atoms with Gasteiger partial charge in [0.1, 0.15) is 0 Å². The van der Waals surface area contributed by atoms with Crippen molar-refractivity contribution >= 4 is 21.7 Å². The lowest BCUT2D eigenvalue weighted by molar-refractivity contribution is 0.0697. The number of rotatable bonds is 6. The molecule has 0 spiro atoms. The Balaban J connectivity index is 2.00. The van der Waals surface area contributed by atoms with Gasteiger partial charge in [-0.2, -0.15) is 9.78 Å². The van der Waals surface area contributed by atoms with Crippen molar-refractivity contribution in [3.8, 4) is 16.8 Å². The van der Waals surface area contributed by atoms with Crippen LogP contribution in [0.1, 0.15) is 23.0 Å². The number of nitrogens with zero attached hydrogens (tertiary/aromatic N) is 2. The van der Waals surface area contributed by atoms with Crippen LogP contribution in [0.25, 0.3) is 16.8 Å². The first kappa shape index (κ1) is 20.3. The van der Waals surface area contributed by atoms with E-state index in [4.69, 9.17) is 5.11 Å². The second-order valence-corrected chi connectivity index (χ2v) is 8.34. The number of hydrogen-bond donors (Lipinski definition) is 2. The summed E-state index contributed by atoms with van der Waals surface area (Å²) in [5, 5.41) is 13.3. The maximum Gasteiger partial charge on any atom is 0.335 e. The molecule has 0 radical (unpaired) electrons. The molecule has 0 aliphatic carbocycles. The normalized spacial score (nSPS) is 11.2. The molecule has 0 amide bonds. The fourth-order valence-corrected chi connectivity index (χ4v) is 3.40. The zero-order valence-electron chi connectivity index (χ0n) is 15.8. The van der Waals surface area contributed by atoms with Gasteiger partial charge in [-0.3, -0.25) is 9.52 Å². The third-order valence-electron chi connectivity index (χ3n) is 4.30. The fourth-order valence-electron chi connectivity index (χ4n) is 2.77. The van der Waals surface area contributed by atoms with Gasteiger partial charge < -0.3 is 5.11 Å². The Kier molecular flexibility index (Phi) is 5.51. The second-order valence-electron chi connectivity index (χ2n) is 6.33. The molecule has 0 bridgehead atoms. The van der Waals surface area contributed by atoms with E-state index >= 15 is 0 Å². The number of anilines is 1. The van der Waals surface area contributed by atoms with Crippen LogP contribution in [-0.2, 0) is 10.0 Å². The Morgan fingerprint density at radius 3 is 2.45 bits per heavy atom. The molecule has 0 aliphatic rings. The van der Waals surface area contributed by atoms with E-state index in [1.165, 1.54) is 35.0 Å². The zero-order valence-corrected chi connectivity index (χ0v) is 16.6. The van der Waals surface area contributed by atoms with E-state index in [9.17, 15) is 18.0 Å². The van der Waals surface area contributed by atoms with Gasteiger partial charge in [0.05, 0.1) is 22.7 Å². The number of nitrogens with one attached hydrogen (secondary N) is 1. The first-order valence-electron chi connectivity index (χ1n) is 8.76. The third-order valence-corrected chi connectivity index (χ3v) is 5.61. The third kappa shape index (κ3) is 4.52. The summed E-state index contributed by atoms with van der Waals surface area (Å²) in [7, 11) is -3.42. The Morgan fingerprint density at radius 2 is 1.83 bits per heavy atom. The van der Waals surface area contributed by atoms with E-state index in [-0.39, 0.29) is 11.3 Å². The molecule has 0 saturated carbocycles. The number of sulfonamides is 1. The van der Waals surface area contributed by atoms with Crippen LogP contribution in [0, 0.1) is 6.92 Å². The summed E-state index contributed by atoms with van der Waals surface area (Å²) in [5.74, 6) is -1.10. The maximum absolute atomic E-state index is 12.6. The average molecular weight is 413 g/mol. The molecular weight excluding hydrogens is 394 g/mol. The molecule has 1 aromatic heterocycles. The van der Waals surface area contributed by atoms with Crippen molar-refractivity contribution in [3.63, 3.8) is 0 Å². The highest BCUT2D eigenvalue weighted by molar-refractivity contribution is 7.92. The quantitative estimate of drug-likeness (QED) is 0.641. The van der Waals surface area contributed by atoms with Gasteiger partial charge in [-0.05, 0) is 55.8 Å². The SMILES string of the molecule is CCS(=O)(=O)Nc1cccc(-c2cc(=O)n(-c3ccc(C(=O)O)cc3)nc2C)c1. The molecule has 0 atom stereocenters. The smallest absolute Gasteiger partial charge is 0.335 e. The van der Waals surface area contributed by atoms with Gasteiger partial charge in [-0.1, -0.05) is 12.1 Å². The van der Waals surface area contributed by atoms with Crippen LogP contribution in [0.3, 0.4) is 0 Å². The lowest BCUT2D eigenvalue weighted by Gasteiger charge is -2.12. The summed E-state index contributed by atoms with van der Waals surface area (Å²) < 4.78 is 27.3. The standard InChI is InChI=1S/C20H19N3O5S/c1-3-29(27,28)22-16-6-4-5-15(11-16)18-12-19(24)23(21-13(18)2)17-9-7-14(8-10-17)20(25)26/h4-12,22H,3H2,1-2H3,(H,25,26). The number of carboxylic acid groups (broad SMARTS) is 1. The molecular formula is C20H19N3O5S. The van der Waals surface area contributed by atoms with Crippen LogP contribution in [0.5, 0.6) is 0 Å². The summed E-state index contributed by atoms with van der Waals surface area (Å²) in [6.45, 7) is 3.28. The van der Waals surface area contributed by atoms with Crippen molar-refractivity contribution in [1.82, 2.24) is 9.78 Å². The van der Waals surface area contributed by atoms with Gasteiger partial charge >= 0.3 is 5.97 Å². The minimum absolute atomic E-state index is 0.0471. The second kappa shape index (κ2) is 7.88. The van der Waals surface area contributed by atoms with Crippen LogP contribution < -0.4 is 10.3 Å². The highest BCUT2D eigenvalue weighted by Crippen LogP contribution is 2.24. The monoisotopic (exact) mass is 413 g/mol. The van der Waals surface area contributed by atoms with Gasteiger partial charge in [-0.15, -0.1) is 0 Å². The molecule has 0 aliphatic heterocycles. The summed E-state index contributed by atoms with van der Waals surface area (Å²) in [4.78, 5) is 23.6. The minimum Gasteiger partial charge on any atom is -0.478 e. The summed E-state index contributed by atoms with van der Waals surface area (Å²) >= 11 is 0. The molecule has 0 fully saturated rings. The number of carboxylic acids is 1. The molecule has 2 N–H and O–H groups in total. The highest BCUT2D eigenvalue weighted by atomic mass is 32.2. The van der Waals surface area contributed by atoms with Crippen LogP contribution in [0.2, 0.25) is 0 Å². The van der Waals surface area contributed by atoms with Crippen molar-refractivity contribution < 1.29 is 18.3 Å². The number of carbonyl (C=O) groups is 1. The van der Waals surface area contributed by atoms with Crippen LogP contribution in [0.15, 0.2) is 59.4 Å². The van der Waals surface area contributed by atoms with Crippen molar-refractivity contribution in [2.24, 2.45) is 0 Å². The van der Waals surface area contributed by atoms with Crippen LogP contribution in [0.4, 0.5) is 5.69 Å². The van der Waals surface area contributed by atoms with Gasteiger partial charge in [0, 0.05) is 17.3 Å². The number of aromatic nitrogens is 2. The van der Waals surface area contributed by atoms with E-state index in [0.29, 0.717) is 28.2 Å². The van der Waals surface area contributed by atoms with E-state index in [0.717, 1.165) is 0 Å². The maximum atomic E-state index is 12.6. The van der Waals surface area contributed by atoms with E-state index < -0.39 is 21.6 Å². The van der Waals surface area contributed by atoms with E-state index in [1.54, 1.807) is 38.1 Å². The topological polar surface area (TPSA) is 118 Å². The molecule has 150 valence electrons. The van der Waals surface area contributed by atoms with Crippen molar-refractivity contribution in [2.45, 2.75) is 13.8 Å². The number of hydrogen-bond acceptors (Lipinski definition) is 5. The first-order chi connectivity index (χ1) is 13.7. The number of aromatic carboxylic acids is 1. The Bertz CT molecular complexity index is 1230. The molecule has 0 saturated heterocycles. The highest BCUT2D eigenvalue weighted by Gasteiger charge is 2.12. The Morgan fingerprint density at radius 1 is 1.14 bits per heavy atom. The van der Waals surface area contributed by atoms with Gasteiger partial charge in [-0.25, -0.2) is 13.2 Å². The van der Waals surface area contributed by atoms with E-state index in [1.807, 2.05) is 0 Å². The predicted octanol–water partition coefficient (Wildman–Crippen LogP) is 2.67. The van der Waals surface area contributed by atoms with E-state index in [2.05, 4.69) is 9.82 Å². The van der Waals surface area contributed by atoms with Gasteiger partial charge in [0.15, 0.2) is 0 Å². The van der Waals surface area contributed by atoms with Crippen molar-refractivity contribution in [3.05, 3.63) is 76.2 Å². The molecule has 29 heavy (non-hydrogen) atoms. The summed E-state index contributed by atoms with van der Waals surface area (Å²) in [6, 6.07) is 14.0. The van der Waals surface area contributed by atoms with Crippen LogP contribution >= 0.6 is 0 Å².